The predicted molar refractivity (Wildman–Crippen MR) is 81.5 cm³/mol. The van der Waals surface area contributed by atoms with Crippen LogP contribution >= 0.6 is 35.2 Å². The van der Waals surface area contributed by atoms with Gasteiger partial charge in [-0.15, -0.1) is 11.3 Å². The summed E-state index contributed by atoms with van der Waals surface area (Å²) in [5, 5.41) is 6.94. The Labute approximate surface area is 120 Å². The highest BCUT2D eigenvalue weighted by Gasteiger charge is 2.07. The van der Waals surface area contributed by atoms with Gasteiger partial charge in [-0.05, 0) is 25.1 Å². The van der Waals surface area contributed by atoms with Crippen LogP contribution in [0.5, 0.6) is 0 Å². The number of nitrogens with one attached hydrogen (secondary N) is 1. The Hall–Kier alpha value is -1.17. The van der Waals surface area contributed by atoms with Gasteiger partial charge in [0.2, 0.25) is 0 Å². The molecule has 1 heterocycles. The molecule has 1 aromatic carbocycles. The molecule has 1 aromatic heterocycles. The van der Waals surface area contributed by atoms with Gasteiger partial charge in [0.1, 0.15) is 10.00 Å². The topological polar surface area (TPSA) is 50.9 Å². The lowest BCUT2D eigenvalue weighted by Crippen LogP contribution is -2.13. The van der Waals surface area contributed by atoms with Crippen molar-refractivity contribution < 1.29 is 0 Å². The highest BCUT2D eigenvalue weighted by atomic mass is 35.5. The lowest BCUT2D eigenvalue weighted by Gasteiger charge is -2.10. The van der Waals surface area contributed by atoms with Gasteiger partial charge < -0.3 is 11.1 Å². The smallest absolute Gasteiger partial charge is 0.112 e. The first kappa shape index (κ1) is 13.3. The Morgan fingerprint density at radius 3 is 2.94 bits per heavy atom. The standard InChI is InChI=1S/C12H12ClN3S2/c1-7-6-18-11(16-7)5-15-10-3-2-8(13)4-9(10)12(14)17/h2-4,6,15H,5H2,1H3,(H2,14,17). The molecule has 2 rings (SSSR count). The van der Waals surface area contributed by atoms with Crippen LogP contribution in [0.4, 0.5) is 5.69 Å². The van der Waals surface area contributed by atoms with Crippen LogP contribution in [-0.4, -0.2) is 9.97 Å². The maximum absolute atomic E-state index is 5.93. The van der Waals surface area contributed by atoms with E-state index in [9.17, 15) is 0 Å². The molecule has 3 nitrogen and oxygen atoms in total. The first-order chi connectivity index (χ1) is 8.56. The fraction of sp³-hybridized carbons (Fsp3) is 0.167. The van der Waals surface area contributed by atoms with Gasteiger partial charge >= 0.3 is 0 Å². The van der Waals surface area contributed by atoms with Crippen LogP contribution in [0.1, 0.15) is 16.3 Å². The van der Waals surface area contributed by atoms with E-state index >= 15 is 0 Å². The van der Waals surface area contributed by atoms with Crippen molar-refractivity contribution in [3.63, 3.8) is 0 Å². The second kappa shape index (κ2) is 5.65. The molecule has 0 atom stereocenters. The number of aromatic nitrogens is 1. The van der Waals surface area contributed by atoms with Crippen LogP contribution < -0.4 is 11.1 Å². The van der Waals surface area contributed by atoms with Gasteiger partial charge in [-0.1, -0.05) is 23.8 Å². The zero-order valence-corrected chi connectivity index (χ0v) is 12.1. The van der Waals surface area contributed by atoms with E-state index in [1.165, 1.54) is 0 Å². The van der Waals surface area contributed by atoms with E-state index in [4.69, 9.17) is 29.6 Å². The van der Waals surface area contributed by atoms with Crippen molar-refractivity contribution in [1.29, 1.82) is 0 Å². The van der Waals surface area contributed by atoms with Crippen LogP contribution in [0.15, 0.2) is 23.6 Å². The molecular weight excluding hydrogens is 286 g/mol. The summed E-state index contributed by atoms with van der Waals surface area (Å²) in [6.45, 7) is 2.62. The average Bonchev–Trinajstić information content (AvgIpc) is 2.73. The highest BCUT2D eigenvalue weighted by Crippen LogP contribution is 2.21. The number of thiazole rings is 1. The van der Waals surface area contributed by atoms with E-state index in [2.05, 4.69) is 10.3 Å². The third-order valence-electron chi connectivity index (χ3n) is 2.34. The van der Waals surface area contributed by atoms with Gasteiger partial charge in [0.15, 0.2) is 0 Å². The Balaban J connectivity index is 2.16. The maximum atomic E-state index is 5.93. The molecule has 18 heavy (non-hydrogen) atoms. The first-order valence-corrected chi connectivity index (χ1v) is 6.97. The summed E-state index contributed by atoms with van der Waals surface area (Å²) in [5.41, 5.74) is 8.34. The molecule has 2 aromatic rings. The van der Waals surface area contributed by atoms with Gasteiger partial charge in [-0.2, -0.15) is 0 Å². The summed E-state index contributed by atoms with van der Waals surface area (Å²) in [4.78, 5) is 4.71. The number of anilines is 1. The molecule has 6 heteroatoms. The lowest BCUT2D eigenvalue weighted by atomic mass is 10.2. The van der Waals surface area contributed by atoms with Crippen LogP contribution in [0, 0.1) is 6.92 Å². The minimum atomic E-state index is 0.329. The first-order valence-electron chi connectivity index (χ1n) is 5.30. The summed E-state index contributed by atoms with van der Waals surface area (Å²) in [7, 11) is 0. The van der Waals surface area contributed by atoms with E-state index in [1.807, 2.05) is 18.4 Å². The Kier molecular flexibility index (Phi) is 4.16. The quantitative estimate of drug-likeness (QED) is 0.850. The fourth-order valence-electron chi connectivity index (χ4n) is 1.53. The second-order valence-corrected chi connectivity index (χ2v) is 5.61. The third-order valence-corrected chi connectivity index (χ3v) is 3.77. The van der Waals surface area contributed by atoms with Crippen molar-refractivity contribution >= 4 is 45.8 Å². The number of rotatable bonds is 4. The molecule has 0 spiro atoms. The summed E-state index contributed by atoms with van der Waals surface area (Å²) < 4.78 is 0. The van der Waals surface area contributed by atoms with Crippen molar-refractivity contribution in [2.24, 2.45) is 5.73 Å². The number of benzene rings is 1. The molecule has 0 bridgehead atoms. The van der Waals surface area contributed by atoms with E-state index in [1.54, 1.807) is 23.5 Å². The molecule has 0 fully saturated rings. The van der Waals surface area contributed by atoms with Crippen molar-refractivity contribution in [3.05, 3.63) is 44.9 Å². The number of thiocarbonyl (C=S) groups is 1. The number of hydrogen-bond donors (Lipinski definition) is 2. The monoisotopic (exact) mass is 297 g/mol. The Morgan fingerprint density at radius 2 is 2.33 bits per heavy atom. The number of nitrogens with two attached hydrogens (primary N) is 1. The normalized spacial score (nSPS) is 10.3. The minimum Gasteiger partial charge on any atom is -0.389 e. The van der Waals surface area contributed by atoms with Gasteiger partial charge in [-0.3, -0.25) is 0 Å². The number of nitrogens with zero attached hydrogens (tertiary/aromatic N) is 1. The molecule has 3 N–H and O–H groups in total. The molecule has 0 saturated carbocycles. The number of halogens is 1. The molecule has 0 amide bonds. The molecule has 0 aliphatic heterocycles. The van der Waals surface area contributed by atoms with E-state index in [0.29, 0.717) is 16.6 Å². The third kappa shape index (κ3) is 3.19. The van der Waals surface area contributed by atoms with E-state index in [0.717, 1.165) is 22.0 Å². The summed E-state index contributed by atoms with van der Waals surface area (Å²) >= 11 is 12.6. The van der Waals surface area contributed by atoms with E-state index < -0.39 is 0 Å². The summed E-state index contributed by atoms with van der Waals surface area (Å²) in [5.74, 6) is 0. The molecular formula is C12H12ClN3S2. The average molecular weight is 298 g/mol. The maximum Gasteiger partial charge on any atom is 0.112 e. The van der Waals surface area contributed by atoms with Gasteiger partial charge in [0.25, 0.3) is 0 Å². The van der Waals surface area contributed by atoms with E-state index in [-0.39, 0.29) is 0 Å². The molecule has 0 saturated heterocycles. The predicted octanol–water partition coefficient (Wildman–Crippen LogP) is 3.35. The molecule has 94 valence electrons. The van der Waals surface area contributed by atoms with Crippen molar-refractivity contribution in [1.82, 2.24) is 4.98 Å². The Bertz CT molecular complexity index is 580. The van der Waals surface area contributed by atoms with Gasteiger partial charge in [0, 0.05) is 27.3 Å². The zero-order chi connectivity index (χ0) is 13.1. The SMILES string of the molecule is Cc1csc(CNc2ccc(Cl)cc2C(N)=S)n1. The van der Waals surface area contributed by atoms with Crippen LogP contribution in [-0.2, 0) is 6.54 Å². The molecule has 0 radical (unpaired) electrons. The zero-order valence-electron chi connectivity index (χ0n) is 9.74. The largest absolute Gasteiger partial charge is 0.389 e. The highest BCUT2D eigenvalue weighted by molar-refractivity contribution is 7.80. The van der Waals surface area contributed by atoms with Crippen molar-refractivity contribution in [3.8, 4) is 0 Å². The fourth-order valence-corrected chi connectivity index (χ4v) is 2.58. The summed E-state index contributed by atoms with van der Waals surface area (Å²) in [6.07, 6.45) is 0. The summed E-state index contributed by atoms with van der Waals surface area (Å²) in [6, 6.07) is 5.44. The lowest BCUT2D eigenvalue weighted by molar-refractivity contribution is 1.07. The molecule has 0 unspecified atom stereocenters. The second-order valence-electron chi connectivity index (χ2n) is 3.79. The van der Waals surface area contributed by atoms with Crippen LogP contribution in [0.3, 0.4) is 0 Å². The number of aryl methyl sites for hydroxylation is 1. The Morgan fingerprint density at radius 1 is 1.56 bits per heavy atom. The van der Waals surface area contributed by atoms with Crippen LogP contribution in [0.2, 0.25) is 5.02 Å². The van der Waals surface area contributed by atoms with Crippen LogP contribution in [0.25, 0.3) is 0 Å². The molecule has 0 aliphatic carbocycles. The van der Waals surface area contributed by atoms with Gasteiger partial charge in [0.05, 0.1) is 6.54 Å². The van der Waals surface area contributed by atoms with Crippen molar-refractivity contribution in [2.75, 3.05) is 5.32 Å². The molecule has 0 aliphatic rings. The van der Waals surface area contributed by atoms with Crippen molar-refractivity contribution in [2.45, 2.75) is 13.5 Å². The minimum absolute atomic E-state index is 0.329. The van der Waals surface area contributed by atoms with Gasteiger partial charge in [-0.25, -0.2) is 4.98 Å². The number of hydrogen-bond acceptors (Lipinski definition) is 4.